The van der Waals surface area contributed by atoms with E-state index in [1.54, 1.807) is 27.9 Å². The van der Waals surface area contributed by atoms with Gasteiger partial charge in [-0.2, -0.15) is 0 Å². The molecule has 0 spiro atoms. The van der Waals surface area contributed by atoms with Crippen molar-refractivity contribution in [3.05, 3.63) is 0 Å². The zero-order chi connectivity index (χ0) is 41.5. The largest absolute Gasteiger partial charge is 0.459 e. The van der Waals surface area contributed by atoms with Crippen LogP contribution in [-0.2, 0) is 47.5 Å². The first-order valence-electron chi connectivity index (χ1n) is 20.7. The molecule has 0 aromatic carbocycles. The van der Waals surface area contributed by atoms with Crippen LogP contribution in [0.25, 0.3) is 0 Å². The quantitative estimate of drug-likeness (QED) is 0.306. The van der Waals surface area contributed by atoms with E-state index in [9.17, 15) is 19.8 Å². The van der Waals surface area contributed by atoms with Crippen LogP contribution in [0.2, 0.25) is 0 Å². The van der Waals surface area contributed by atoms with Crippen LogP contribution in [0, 0.1) is 29.6 Å². The molecule has 13 unspecified atom stereocenters. The molecule has 5 aliphatic heterocycles. The Bertz CT molecular complexity index is 1290. The summed E-state index contributed by atoms with van der Waals surface area (Å²) in [6.45, 7) is 25.1. The lowest BCUT2D eigenvalue weighted by atomic mass is 9.66. The van der Waals surface area contributed by atoms with E-state index in [1.807, 2.05) is 55.5 Å². The Hall–Kier alpha value is -1.26. The van der Waals surface area contributed by atoms with E-state index in [-0.39, 0.29) is 48.3 Å². The van der Waals surface area contributed by atoms with Crippen molar-refractivity contribution in [3.63, 3.8) is 0 Å². The number of fused-ring (bicyclic) bond motifs is 11. The molecule has 5 saturated heterocycles. The van der Waals surface area contributed by atoms with Crippen molar-refractivity contribution >= 4 is 11.8 Å². The maximum Gasteiger partial charge on any atom is 0.311 e. The number of aliphatic hydroxyl groups excluding tert-OH is 2. The summed E-state index contributed by atoms with van der Waals surface area (Å²) in [4.78, 5) is 31.1. The molecule has 0 radical (unpaired) electrons. The number of esters is 1. The number of hydrogen-bond acceptors (Lipinski definition) is 13. The molecule has 320 valence electrons. The molecule has 0 aliphatic carbocycles. The highest BCUT2D eigenvalue weighted by atomic mass is 16.7. The van der Waals surface area contributed by atoms with Gasteiger partial charge < -0.3 is 48.1 Å². The number of hydrogen-bond donors (Lipinski definition) is 2. The van der Waals surface area contributed by atoms with Crippen LogP contribution in [0.5, 0.6) is 0 Å². The minimum absolute atomic E-state index is 0.00293. The van der Waals surface area contributed by atoms with E-state index in [4.69, 9.17) is 37.9 Å². The van der Waals surface area contributed by atoms with Gasteiger partial charge in [-0.1, -0.05) is 27.7 Å². The molecule has 55 heavy (non-hydrogen) atoms. The topological polar surface area (TPSA) is 152 Å². The molecule has 0 aromatic heterocycles. The Morgan fingerprint density at radius 2 is 1.53 bits per heavy atom. The number of methoxy groups -OCH3 is 2. The molecule has 19 atom stereocenters. The average Bonchev–Trinajstić information content (AvgIpc) is 3.12. The lowest BCUT2D eigenvalue weighted by molar-refractivity contribution is -0.330. The van der Waals surface area contributed by atoms with Gasteiger partial charge in [0.15, 0.2) is 24.0 Å². The molecule has 13 nitrogen and oxygen atoms in total. The SMILES string of the molecule is CCC1OC(=O)C(C)C(O[C@@H]2CC(C)(OC)[C@H](O)C(C)O2)C(C)[C@H](OC2OC(C)CC(N(C)C(C)C)[C@@H]2O)[C@@]2(C)CC(C)C(C(C)O2)[C@@H](C)C(=O)C1(C)OC. The second-order valence-electron chi connectivity index (χ2n) is 18.3. The van der Waals surface area contributed by atoms with Gasteiger partial charge in [0.1, 0.15) is 18.3 Å². The smallest absolute Gasteiger partial charge is 0.311 e. The van der Waals surface area contributed by atoms with Gasteiger partial charge >= 0.3 is 5.97 Å². The second kappa shape index (κ2) is 17.9. The van der Waals surface area contributed by atoms with Crippen LogP contribution in [0.3, 0.4) is 0 Å². The van der Waals surface area contributed by atoms with Gasteiger partial charge in [-0.25, -0.2) is 0 Å². The number of ether oxygens (including phenoxy) is 8. The number of ketones is 1. The Kier molecular flexibility index (Phi) is 15.1. The van der Waals surface area contributed by atoms with Crippen molar-refractivity contribution in [2.24, 2.45) is 29.6 Å². The van der Waals surface area contributed by atoms with Crippen molar-refractivity contribution < 1.29 is 57.7 Å². The van der Waals surface area contributed by atoms with Gasteiger partial charge in [-0.05, 0) is 100 Å². The lowest BCUT2D eigenvalue weighted by Crippen LogP contribution is -2.64. The van der Waals surface area contributed by atoms with Crippen LogP contribution in [0.15, 0.2) is 0 Å². The number of carbonyl (C=O) groups excluding carboxylic acids is 2. The van der Waals surface area contributed by atoms with Crippen LogP contribution < -0.4 is 0 Å². The molecule has 13 heteroatoms. The number of Topliss-reactive ketones (excluding diaryl/α,β-unsaturated/α-hetero) is 1. The monoisotopic (exact) mass is 786 g/mol. The highest BCUT2D eigenvalue weighted by molar-refractivity contribution is 5.90. The molecule has 2 N–H and O–H groups in total. The second-order valence-corrected chi connectivity index (χ2v) is 18.3. The predicted octanol–water partition coefficient (Wildman–Crippen LogP) is 4.90. The maximum atomic E-state index is 14.5. The summed E-state index contributed by atoms with van der Waals surface area (Å²) in [7, 11) is 5.03. The van der Waals surface area contributed by atoms with Crippen molar-refractivity contribution in [2.75, 3.05) is 21.3 Å². The van der Waals surface area contributed by atoms with Gasteiger partial charge in [-0.3, -0.25) is 14.5 Å². The van der Waals surface area contributed by atoms with Crippen molar-refractivity contribution in [3.8, 4) is 0 Å². The fraction of sp³-hybridized carbons (Fsp3) is 0.952. The van der Waals surface area contributed by atoms with Crippen molar-refractivity contribution in [1.29, 1.82) is 0 Å². The van der Waals surface area contributed by atoms with Gasteiger partial charge in [0.25, 0.3) is 0 Å². The molecule has 5 rings (SSSR count). The normalized spacial score (nSPS) is 49.2. The highest BCUT2D eigenvalue weighted by Crippen LogP contribution is 2.48. The minimum Gasteiger partial charge on any atom is -0.459 e. The Morgan fingerprint density at radius 3 is 2.07 bits per heavy atom. The van der Waals surface area contributed by atoms with E-state index in [0.717, 1.165) is 0 Å². The average molecular weight is 786 g/mol. The molecular formula is C42H75NO12. The molecule has 0 saturated carbocycles. The van der Waals surface area contributed by atoms with Crippen molar-refractivity contribution in [2.45, 2.75) is 206 Å². The fourth-order valence-electron chi connectivity index (χ4n) is 10.4. The molecule has 5 heterocycles. The Balaban J connectivity index is 1.88. The molecule has 5 aliphatic rings. The minimum atomic E-state index is -1.41. The molecule has 0 amide bonds. The van der Waals surface area contributed by atoms with Crippen LogP contribution in [0.4, 0.5) is 0 Å². The molecular weight excluding hydrogens is 710 g/mol. The van der Waals surface area contributed by atoms with Crippen LogP contribution in [-0.4, -0.2) is 138 Å². The van der Waals surface area contributed by atoms with Crippen molar-refractivity contribution in [1.82, 2.24) is 4.90 Å². The summed E-state index contributed by atoms with van der Waals surface area (Å²) in [5.41, 5.74) is -3.38. The van der Waals surface area contributed by atoms with Crippen LogP contribution in [0.1, 0.15) is 116 Å². The first-order chi connectivity index (χ1) is 25.5. The summed E-state index contributed by atoms with van der Waals surface area (Å²) in [6, 6.07) is -0.0545. The summed E-state index contributed by atoms with van der Waals surface area (Å²) >= 11 is 0. The zero-order valence-corrected chi connectivity index (χ0v) is 36.6. The highest BCUT2D eigenvalue weighted by Gasteiger charge is 2.57. The summed E-state index contributed by atoms with van der Waals surface area (Å²) < 4.78 is 51.8. The fourth-order valence-corrected chi connectivity index (χ4v) is 10.4. The number of nitrogens with zero attached hydrogens (tertiary/aromatic N) is 1. The summed E-state index contributed by atoms with van der Waals surface area (Å²) in [5.74, 6) is -2.86. The van der Waals surface area contributed by atoms with Gasteiger partial charge in [0.05, 0.1) is 47.6 Å². The lowest BCUT2D eigenvalue weighted by Gasteiger charge is -2.54. The maximum absolute atomic E-state index is 14.5. The van der Waals surface area contributed by atoms with E-state index in [1.165, 1.54) is 7.11 Å². The van der Waals surface area contributed by atoms with Gasteiger partial charge in [0.2, 0.25) is 0 Å². The first-order valence-corrected chi connectivity index (χ1v) is 20.7. The number of likely N-dealkylation sites (N-methyl/N-ethyl adjacent to an activating group) is 1. The van der Waals surface area contributed by atoms with Crippen LogP contribution >= 0.6 is 0 Å². The third kappa shape index (κ3) is 9.16. The third-order valence-electron chi connectivity index (χ3n) is 14.0. The summed E-state index contributed by atoms with van der Waals surface area (Å²) in [5, 5.41) is 22.9. The first kappa shape index (κ1) is 46.4. The Morgan fingerprint density at radius 1 is 0.891 bits per heavy atom. The summed E-state index contributed by atoms with van der Waals surface area (Å²) in [6.07, 6.45) is -5.90. The van der Waals surface area contributed by atoms with E-state index < -0.39 is 89.7 Å². The van der Waals surface area contributed by atoms with E-state index >= 15 is 0 Å². The standard InChI is InChI=1S/C42H75NO12/c1-17-30-42(13,49-16)35(45)24(6)32-22(4)19-41(12,55-27(32)9)37(54-39-33(44)29(18-23(5)50-39)43(14)21(2)3)25(7)34(26(8)38(47)52-30)53-31-20-40(11,48-15)36(46)28(10)51-31/h21-34,36-37,39,44,46H,17-20H2,1-16H3/t22?,23?,24-,25?,26?,27?,28?,29?,30?,31-,32?,33+,34?,36-,37+,39?,40?,41-,42?/m1/s1. The predicted molar refractivity (Wildman–Crippen MR) is 206 cm³/mol. The number of carbonyl (C=O) groups is 2. The van der Waals surface area contributed by atoms with E-state index in [2.05, 4.69) is 25.7 Å². The number of rotatable bonds is 9. The van der Waals surface area contributed by atoms with Gasteiger partial charge in [-0.15, -0.1) is 0 Å². The molecule has 5 fully saturated rings. The van der Waals surface area contributed by atoms with Gasteiger partial charge in [0, 0.05) is 44.6 Å². The van der Waals surface area contributed by atoms with E-state index in [0.29, 0.717) is 19.3 Å². The zero-order valence-electron chi connectivity index (χ0n) is 36.6. The number of aliphatic hydroxyl groups is 2. The molecule has 0 aromatic rings. The Labute approximate surface area is 330 Å². The third-order valence-corrected chi connectivity index (χ3v) is 14.0. The molecule has 2 bridgehead atoms.